The molecule has 1 aliphatic carbocycles. The number of nitrogens with zero attached hydrogens (tertiary/aromatic N) is 1. The molecule has 1 atom stereocenters. The first kappa shape index (κ1) is 13.3. The van der Waals surface area contributed by atoms with Gasteiger partial charge in [-0.05, 0) is 44.2 Å². The maximum atomic E-state index is 10.1. The largest absolute Gasteiger partial charge is 0.396 e. The molecule has 1 saturated carbocycles. The topological polar surface area (TPSA) is 43.7 Å². The summed E-state index contributed by atoms with van der Waals surface area (Å²) in [5.74, 6) is 1.28. The average Bonchev–Trinajstić information content (AvgIpc) is 2.82. The third-order valence-electron chi connectivity index (χ3n) is 4.51. The van der Waals surface area contributed by atoms with E-state index in [1.807, 2.05) is 0 Å². The van der Waals surface area contributed by atoms with Crippen LogP contribution in [0.2, 0.25) is 0 Å². The SMILES string of the molecule is OCC1CCN(CC(O)CC2CCCC2)CC1. The Balaban J connectivity index is 1.63. The summed E-state index contributed by atoms with van der Waals surface area (Å²) in [4.78, 5) is 2.37. The lowest BCUT2D eigenvalue weighted by atomic mass is 9.96. The molecular weight excluding hydrogens is 214 g/mol. The summed E-state index contributed by atoms with van der Waals surface area (Å²) in [6, 6.07) is 0. The lowest BCUT2D eigenvalue weighted by Gasteiger charge is -2.32. The van der Waals surface area contributed by atoms with Crippen LogP contribution in [0.25, 0.3) is 0 Å². The molecule has 0 aromatic heterocycles. The fourth-order valence-corrected chi connectivity index (χ4v) is 3.36. The van der Waals surface area contributed by atoms with E-state index < -0.39 is 0 Å². The highest BCUT2D eigenvalue weighted by Gasteiger charge is 2.23. The van der Waals surface area contributed by atoms with Crippen LogP contribution >= 0.6 is 0 Å². The normalized spacial score (nSPS) is 26.5. The molecular formula is C14H27NO2. The van der Waals surface area contributed by atoms with Crippen molar-refractivity contribution >= 4 is 0 Å². The highest BCUT2D eigenvalue weighted by atomic mass is 16.3. The molecule has 1 saturated heterocycles. The molecule has 2 aliphatic rings. The summed E-state index contributed by atoms with van der Waals surface area (Å²) in [5.41, 5.74) is 0. The molecule has 3 nitrogen and oxygen atoms in total. The maximum Gasteiger partial charge on any atom is 0.0669 e. The minimum absolute atomic E-state index is 0.135. The smallest absolute Gasteiger partial charge is 0.0669 e. The number of rotatable bonds is 5. The van der Waals surface area contributed by atoms with Gasteiger partial charge in [0.05, 0.1) is 6.10 Å². The predicted molar refractivity (Wildman–Crippen MR) is 68.8 cm³/mol. The lowest BCUT2D eigenvalue weighted by molar-refractivity contribution is 0.0638. The summed E-state index contributed by atoms with van der Waals surface area (Å²) in [6.07, 6.45) is 8.41. The molecule has 0 spiro atoms. The van der Waals surface area contributed by atoms with Crippen molar-refractivity contribution in [3.63, 3.8) is 0 Å². The maximum absolute atomic E-state index is 10.1. The Kier molecular flexibility index (Phi) is 5.26. The van der Waals surface area contributed by atoms with Gasteiger partial charge in [-0.15, -0.1) is 0 Å². The van der Waals surface area contributed by atoms with Gasteiger partial charge in [0.15, 0.2) is 0 Å². The van der Waals surface area contributed by atoms with Crippen LogP contribution < -0.4 is 0 Å². The molecule has 100 valence electrons. The fourth-order valence-electron chi connectivity index (χ4n) is 3.36. The molecule has 1 heterocycles. The number of β-amino-alcohol motifs (C(OH)–C–C–N with tert-alkyl or cyclic N) is 1. The van der Waals surface area contributed by atoms with E-state index in [1.165, 1.54) is 25.7 Å². The van der Waals surface area contributed by atoms with Crippen LogP contribution in [0, 0.1) is 11.8 Å². The summed E-state index contributed by atoms with van der Waals surface area (Å²) in [7, 11) is 0. The molecule has 17 heavy (non-hydrogen) atoms. The highest BCUT2D eigenvalue weighted by Crippen LogP contribution is 2.29. The molecule has 2 N–H and O–H groups in total. The van der Waals surface area contributed by atoms with Crippen LogP contribution in [-0.2, 0) is 0 Å². The van der Waals surface area contributed by atoms with Gasteiger partial charge in [-0.2, -0.15) is 0 Å². The van der Waals surface area contributed by atoms with E-state index in [2.05, 4.69) is 4.90 Å². The van der Waals surface area contributed by atoms with Crippen LogP contribution in [0.3, 0.4) is 0 Å². The number of hydrogen-bond acceptors (Lipinski definition) is 3. The minimum Gasteiger partial charge on any atom is -0.396 e. The zero-order chi connectivity index (χ0) is 12.1. The second kappa shape index (κ2) is 6.72. The summed E-state index contributed by atoms with van der Waals surface area (Å²) >= 11 is 0. The number of aliphatic hydroxyl groups excluding tert-OH is 2. The number of likely N-dealkylation sites (tertiary alicyclic amines) is 1. The van der Waals surface area contributed by atoms with Crippen molar-refractivity contribution in [2.45, 2.75) is 51.0 Å². The van der Waals surface area contributed by atoms with Crippen molar-refractivity contribution in [1.82, 2.24) is 4.90 Å². The van der Waals surface area contributed by atoms with Crippen molar-refractivity contribution in [1.29, 1.82) is 0 Å². The molecule has 0 bridgehead atoms. The first-order chi connectivity index (χ1) is 8.28. The van der Waals surface area contributed by atoms with Gasteiger partial charge in [-0.3, -0.25) is 0 Å². The number of aliphatic hydroxyl groups is 2. The van der Waals surface area contributed by atoms with Gasteiger partial charge < -0.3 is 15.1 Å². The van der Waals surface area contributed by atoms with E-state index in [9.17, 15) is 5.11 Å². The highest BCUT2D eigenvalue weighted by molar-refractivity contribution is 4.76. The second-order valence-corrected chi connectivity index (χ2v) is 5.97. The van der Waals surface area contributed by atoms with Gasteiger partial charge in [-0.1, -0.05) is 25.7 Å². The summed E-state index contributed by atoms with van der Waals surface area (Å²) < 4.78 is 0. The van der Waals surface area contributed by atoms with Crippen LogP contribution in [0.1, 0.15) is 44.9 Å². The van der Waals surface area contributed by atoms with E-state index in [4.69, 9.17) is 5.11 Å². The van der Waals surface area contributed by atoms with E-state index in [1.54, 1.807) is 0 Å². The van der Waals surface area contributed by atoms with Crippen LogP contribution in [0.5, 0.6) is 0 Å². The third kappa shape index (κ3) is 4.23. The van der Waals surface area contributed by atoms with Gasteiger partial charge in [0, 0.05) is 13.2 Å². The van der Waals surface area contributed by atoms with E-state index in [-0.39, 0.29) is 6.10 Å². The van der Waals surface area contributed by atoms with Crippen molar-refractivity contribution < 1.29 is 10.2 Å². The van der Waals surface area contributed by atoms with Crippen LogP contribution in [-0.4, -0.2) is 47.5 Å². The fraction of sp³-hybridized carbons (Fsp3) is 1.00. The molecule has 0 aromatic rings. The Morgan fingerprint density at radius 1 is 1.00 bits per heavy atom. The molecule has 1 aliphatic heterocycles. The van der Waals surface area contributed by atoms with Crippen molar-refractivity contribution in [3.05, 3.63) is 0 Å². The van der Waals surface area contributed by atoms with Gasteiger partial charge in [-0.25, -0.2) is 0 Å². The van der Waals surface area contributed by atoms with Gasteiger partial charge in [0.25, 0.3) is 0 Å². The number of hydrogen-bond donors (Lipinski definition) is 2. The standard InChI is InChI=1S/C14H27NO2/c16-11-13-5-7-15(8-6-13)10-14(17)9-12-3-1-2-4-12/h12-14,16-17H,1-11H2. The van der Waals surface area contributed by atoms with Gasteiger partial charge >= 0.3 is 0 Å². The predicted octanol–water partition coefficient (Wildman–Crippen LogP) is 1.63. The Bertz CT molecular complexity index is 208. The first-order valence-electron chi connectivity index (χ1n) is 7.29. The molecule has 1 unspecified atom stereocenters. The van der Waals surface area contributed by atoms with E-state index >= 15 is 0 Å². The average molecular weight is 241 g/mol. The molecule has 0 amide bonds. The Morgan fingerprint density at radius 2 is 1.65 bits per heavy atom. The zero-order valence-electron chi connectivity index (χ0n) is 10.9. The van der Waals surface area contributed by atoms with Gasteiger partial charge in [0.2, 0.25) is 0 Å². The molecule has 3 heteroatoms. The van der Waals surface area contributed by atoms with Crippen molar-refractivity contribution in [2.24, 2.45) is 11.8 Å². The summed E-state index contributed by atoms with van der Waals surface area (Å²) in [6.45, 7) is 3.27. The van der Waals surface area contributed by atoms with E-state index in [0.717, 1.165) is 44.8 Å². The molecule has 2 fully saturated rings. The first-order valence-corrected chi connectivity index (χ1v) is 7.29. The monoisotopic (exact) mass is 241 g/mol. The Hall–Kier alpha value is -0.120. The third-order valence-corrected chi connectivity index (χ3v) is 4.51. The van der Waals surface area contributed by atoms with Crippen LogP contribution in [0.15, 0.2) is 0 Å². The minimum atomic E-state index is -0.135. The number of piperidine rings is 1. The Morgan fingerprint density at radius 3 is 2.24 bits per heavy atom. The van der Waals surface area contributed by atoms with Crippen molar-refractivity contribution in [2.75, 3.05) is 26.2 Å². The lowest BCUT2D eigenvalue weighted by Crippen LogP contribution is -2.39. The zero-order valence-corrected chi connectivity index (χ0v) is 10.9. The molecule has 0 aromatic carbocycles. The Labute approximate surface area is 105 Å². The quantitative estimate of drug-likeness (QED) is 0.769. The van der Waals surface area contributed by atoms with Crippen LogP contribution in [0.4, 0.5) is 0 Å². The van der Waals surface area contributed by atoms with E-state index in [0.29, 0.717) is 12.5 Å². The molecule has 0 radical (unpaired) electrons. The molecule has 2 rings (SSSR count). The summed E-state index contributed by atoms with van der Waals surface area (Å²) in [5, 5.41) is 19.2. The van der Waals surface area contributed by atoms with Crippen molar-refractivity contribution in [3.8, 4) is 0 Å². The van der Waals surface area contributed by atoms with Gasteiger partial charge in [0.1, 0.15) is 0 Å². The second-order valence-electron chi connectivity index (χ2n) is 5.97.